The quantitative estimate of drug-likeness (QED) is 0.893. The molecule has 94 valence electrons. The molecule has 0 unspecified atom stereocenters. The highest BCUT2D eigenvalue weighted by Crippen LogP contribution is 2.09. The molecule has 2 rings (SSSR count). The summed E-state index contributed by atoms with van der Waals surface area (Å²) in [6.45, 7) is 5.27. The summed E-state index contributed by atoms with van der Waals surface area (Å²) < 4.78 is 13.1. The highest BCUT2D eigenvalue weighted by Gasteiger charge is 2.01. The van der Waals surface area contributed by atoms with Crippen molar-refractivity contribution >= 4 is 0 Å². The van der Waals surface area contributed by atoms with Crippen molar-refractivity contribution < 1.29 is 4.39 Å². The van der Waals surface area contributed by atoms with Gasteiger partial charge in [-0.1, -0.05) is 18.2 Å². The van der Waals surface area contributed by atoms with Crippen molar-refractivity contribution in [2.75, 3.05) is 0 Å². The minimum absolute atomic E-state index is 0.153. The molecule has 1 heterocycles. The van der Waals surface area contributed by atoms with E-state index in [1.165, 1.54) is 11.6 Å². The third kappa shape index (κ3) is 3.14. The molecule has 0 aliphatic rings. The van der Waals surface area contributed by atoms with Crippen molar-refractivity contribution in [3.8, 4) is 0 Å². The van der Waals surface area contributed by atoms with Crippen LogP contribution in [-0.4, -0.2) is 4.98 Å². The first-order chi connectivity index (χ1) is 8.66. The summed E-state index contributed by atoms with van der Waals surface area (Å²) in [6, 6.07) is 9.17. The van der Waals surface area contributed by atoms with Gasteiger partial charge in [0.1, 0.15) is 5.82 Å². The molecule has 1 N–H and O–H groups in total. The lowest BCUT2D eigenvalue weighted by Crippen LogP contribution is -2.14. The fourth-order valence-electron chi connectivity index (χ4n) is 1.85. The fourth-order valence-corrected chi connectivity index (χ4v) is 1.85. The molecule has 2 nitrogen and oxygen atoms in total. The maximum Gasteiger partial charge on any atom is 0.126 e. The van der Waals surface area contributed by atoms with Gasteiger partial charge in [0.05, 0.1) is 5.69 Å². The van der Waals surface area contributed by atoms with Gasteiger partial charge in [0.25, 0.3) is 0 Å². The Kier molecular flexibility index (Phi) is 4.05. The van der Waals surface area contributed by atoms with E-state index >= 15 is 0 Å². The maximum atomic E-state index is 13.1. The van der Waals surface area contributed by atoms with Crippen LogP contribution in [0.2, 0.25) is 0 Å². The van der Waals surface area contributed by atoms with Crippen molar-refractivity contribution in [2.24, 2.45) is 0 Å². The van der Waals surface area contributed by atoms with E-state index in [4.69, 9.17) is 0 Å². The third-order valence-corrected chi connectivity index (χ3v) is 2.96. The SMILES string of the molecule is Cc1cc(CNCc2ncccc2C)ccc1F. The van der Waals surface area contributed by atoms with E-state index in [0.29, 0.717) is 5.56 Å². The number of nitrogens with zero attached hydrogens (tertiary/aromatic N) is 1. The fraction of sp³-hybridized carbons (Fsp3) is 0.267. The van der Waals surface area contributed by atoms with E-state index in [0.717, 1.165) is 24.3 Å². The first-order valence-corrected chi connectivity index (χ1v) is 6.03. The normalized spacial score (nSPS) is 10.6. The highest BCUT2D eigenvalue weighted by molar-refractivity contribution is 5.24. The molecule has 18 heavy (non-hydrogen) atoms. The Morgan fingerprint density at radius 3 is 2.67 bits per heavy atom. The lowest BCUT2D eigenvalue weighted by molar-refractivity contribution is 0.615. The molecular formula is C15H17FN2. The van der Waals surface area contributed by atoms with Gasteiger partial charge in [-0.15, -0.1) is 0 Å². The van der Waals surface area contributed by atoms with Crippen LogP contribution in [-0.2, 0) is 13.1 Å². The standard InChI is InChI=1S/C15H17FN2/c1-11-4-3-7-18-15(11)10-17-9-13-5-6-14(16)12(2)8-13/h3-8,17H,9-10H2,1-2H3. The summed E-state index contributed by atoms with van der Waals surface area (Å²) in [5.74, 6) is -0.153. The summed E-state index contributed by atoms with van der Waals surface area (Å²) in [6.07, 6.45) is 1.80. The third-order valence-electron chi connectivity index (χ3n) is 2.96. The Hall–Kier alpha value is -1.74. The molecule has 2 aromatic rings. The summed E-state index contributed by atoms with van der Waals surface area (Å²) in [7, 11) is 0. The molecule has 0 aliphatic heterocycles. The number of hydrogen-bond donors (Lipinski definition) is 1. The second-order valence-corrected chi connectivity index (χ2v) is 4.45. The number of halogens is 1. The van der Waals surface area contributed by atoms with Gasteiger partial charge in [0, 0.05) is 19.3 Å². The Morgan fingerprint density at radius 1 is 1.11 bits per heavy atom. The lowest BCUT2D eigenvalue weighted by atomic mass is 10.1. The van der Waals surface area contributed by atoms with Gasteiger partial charge in [-0.25, -0.2) is 4.39 Å². The summed E-state index contributed by atoms with van der Waals surface area (Å²) in [4.78, 5) is 4.32. The van der Waals surface area contributed by atoms with Gasteiger partial charge in [0.15, 0.2) is 0 Å². The Labute approximate surface area is 107 Å². The monoisotopic (exact) mass is 244 g/mol. The largest absolute Gasteiger partial charge is 0.307 e. The minimum atomic E-state index is -0.153. The van der Waals surface area contributed by atoms with Crippen LogP contribution >= 0.6 is 0 Å². The van der Waals surface area contributed by atoms with Crippen LogP contribution in [0.25, 0.3) is 0 Å². The zero-order chi connectivity index (χ0) is 13.0. The highest BCUT2D eigenvalue weighted by atomic mass is 19.1. The predicted octanol–water partition coefficient (Wildman–Crippen LogP) is 3.13. The van der Waals surface area contributed by atoms with E-state index in [1.54, 1.807) is 19.2 Å². The van der Waals surface area contributed by atoms with Gasteiger partial charge in [-0.3, -0.25) is 4.98 Å². The maximum absolute atomic E-state index is 13.1. The molecule has 0 spiro atoms. The van der Waals surface area contributed by atoms with Gasteiger partial charge in [-0.2, -0.15) is 0 Å². The number of aryl methyl sites for hydroxylation is 2. The second-order valence-electron chi connectivity index (χ2n) is 4.45. The molecule has 0 amide bonds. The Morgan fingerprint density at radius 2 is 1.94 bits per heavy atom. The average Bonchev–Trinajstić information content (AvgIpc) is 2.36. The molecule has 0 radical (unpaired) electrons. The molecule has 0 fully saturated rings. The predicted molar refractivity (Wildman–Crippen MR) is 70.7 cm³/mol. The van der Waals surface area contributed by atoms with E-state index < -0.39 is 0 Å². The second kappa shape index (κ2) is 5.74. The molecule has 1 aromatic carbocycles. The zero-order valence-corrected chi connectivity index (χ0v) is 10.7. The minimum Gasteiger partial charge on any atom is -0.307 e. The van der Waals surface area contributed by atoms with E-state index in [-0.39, 0.29) is 5.82 Å². The van der Waals surface area contributed by atoms with Crippen molar-refractivity contribution in [2.45, 2.75) is 26.9 Å². The van der Waals surface area contributed by atoms with E-state index in [9.17, 15) is 4.39 Å². The molecule has 0 aliphatic carbocycles. The zero-order valence-electron chi connectivity index (χ0n) is 10.7. The number of hydrogen-bond acceptors (Lipinski definition) is 2. The van der Waals surface area contributed by atoms with Crippen LogP contribution in [0.5, 0.6) is 0 Å². The number of benzene rings is 1. The van der Waals surface area contributed by atoms with E-state index in [2.05, 4.69) is 10.3 Å². The number of rotatable bonds is 4. The number of nitrogens with one attached hydrogen (secondary N) is 1. The molecular weight excluding hydrogens is 227 g/mol. The molecule has 0 saturated heterocycles. The lowest BCUT2D eigenvalue weighted by Gasteiger charge is -2.07. The molecule has 0 bridgehead atoms. The van der Waals surface area contributed by atoms with Gasteiger partial charge in [0.2, 0.25) is 0 Å². The molecule has 0 atom stereocenters. The van der Waals surface area contributed by atoms with Crippen LogP contribution in [0, 0.1) is 19.7 Å². The first-order valence-electron chi connectivity index (χ1n) is 6.03. The van der Waals surface area contributed by atoms with Crippen molar-refractivity contribution in [1.29, 1.82) is 0 Å². The smallest absolute Gasteiger partial charge is 0.126 e. The van der Waals surface area contributed by atoms with Gasteiger partial charge < -0.3 is 5.32 Å². The molecule has 0 saturated carbocycles. The van der Waals surface area contributed by atoms with Crippen LogP contribution < -0.4 is 5.32 Å². The van der Waals surface area contributed by atoms with E-state index in [1.807, 2.05) is 25.1 Å². The Balaban J connectivity index is 1.92. The van der Waals surface area contributed by atoms with Crippen molar-refractivity contribution in [3.63, 3.8) is 0 Å². The summed E-state index contributed by atoms with van der Waals surface area (Å²) >= 11 is 0. The Bertz CT molecular complexity index is 538. The topological polar surface area (TPSA) is 24.9 Å². The van der Waals surface area contributed by atoms with Crippen molar-refractivity contribution in [3.05, 3.63) is 64.7 Å². The number of pyridine rings is 1. The average molecular weight is 244 g/mol. The van der Waals surface area contributed by atoms with Crippen LogP contribution in [0.1, 0.15) is 22.4 Å². The van der Waals surface area contributed by atoms with Crippen LogP contribution in [0.3, 0.4) is 0 Å². The van der Waals surface area contributed by atoms with Gasteiger partial charge >= 0.3 is 0 Å². The number of aromatic nitrogens is 1. The van der Waals surface area contributed by atoms with Crippen molar-refractivity contribution in [1.82, 2.24) is 10.3 Å². The summed E-state index contributed by atoms with van der Waals surface area (Å²) in [5, 5.41) is 3.32. The first kappa shape index (κ1) is 12.7. The van der Waals surface area contributed by atoms with Gasteiger partial charge in [-0.05, 0) is 42.7 Å². The van der Waals surface area contributed by atoms with Crippen LogP contribution in [0.4, 0.5) is 4.39 Å². The summed E-state index contributed by atoms with van der Waals surface area (Å²) in [5.41, 5.74) is 4.00. The molecule has 1 aromatic heterocycles. The van der Waals surface area contributed by atoms with Crippen LogP contribution in [0.15, 0.2) is 36.5 Å². The molecule has 3 heteroatoms.